The largest absolute Gasteiger partial charge is 0.487 e. The molecule has 1 saturated heterocycles. The van der Waals surface area contributed by atoms with E-state index in [2.05, 4.69) is 13.8 Å². The molecule has 0 aliphatic carbocycles. The number of aryl methyl sites for hydroxylation is 1. The molecule has 1 fully saturated rings. The molecule has 0 bridgehead atoms. The average Bonchev–Trinajstić information content (AvgIpc) is 2.43. The number of nitrogens with one attached hydrogen (secondary N) is 1. The SMILES string of the molecule is Cc1ccc(OCCC[NH+]2C[C@H](C)C[C@H](C)C2)c([N+](=O)[O-])c1. The molecule has 2 rings (SSSR count). The first-order valence-electron chi connectivity index (χ1n) is 8.17. The van der Waals surface area contributed by atoms with Gasteiger partial charge in [-0.15, -0.1) is 0 Å². The third-order valence-electron chi connectivity index (χ3n) is 4.32. The number of benzene rings is 1. The maximum Gasteiger partial charge on any atom is 0.311 e. The Kier molecular flexibility index (Phi) is 5.77. The van der Waals surface area contributed by atoms with Gasteiger partial charge in [-0.1, -0.05) is 19.9 Å². The highest BCUT2D eigenvalue weighted by Crippen LogP contribution is 2.27. The highest BCUT2D eigenvalue weighted by molar-refractivity contribution is 5.48. The van der Waals surface area contributed by atoms with Crippen LogP contribution in [0, 0.1) is 28.9 Å². The normalized spacial score (nSPS) is 25.0. The van der Waals surface area contributed by atoms with Gasteiger partial charge < -0.3 is 9.64 Å². The maximum absolute atomic E-state index is 11.0. The van der Waals surface area contributed by atoms with E-state index in [0.29, 0.717) is 12.4 Å². The number of nitro benzene ring substituents is 1. The van der Waals surface area contributed by atoms with Crippen LogP contribution in [0.4, 0.5) is 5.69 Å². The van der Waals surface area contributed by atoms with Crippen molar-refractivity contribution in [2.45, 2.75) is 33.6 Å². The van der Waals surface area contributed by atoms with E-state index in [1.54, 1.807) is 17.0 Å². The first-order chi connectivity index (χ1) is 10.5. The zero-order chi connectivity index (χ0) is 16.1. The number of nitro groups is 1. The van der Waals surface area contributed by atoms with E-state index in [0.717, 1.165) is 30.4 Å². The fraction of sp³-hybridized carbons (Fsp3) is 0.647. The number of hydrogen-bond acceptors (Lipinski definition) is 3. The van der Waals surface area contributed by atoms with Crippen LogP contribution in [0.25, 0.3) is 0 Å². The van der Waals surface area contributed by atoms with Crippen LogP contribution in [0.1, 0.15) is 32.3 Å². The fourth-order valence-electron chi connectivity index (χ4n) is 3.52. The molecule has 1 aromatic rings. The van der Waals surface area contributed by atoms with E-state index in [1.165, 1.54) is 19.5 Å². The van der Waals surface area contributed by atoms with E-state index in [1.807, 2.05) is 13.0 Å². The van der Waals surface area contributed by atoms with Crippen LogP contribution in [0.5, 0.6) is 5.75 Å². The molecule has 1 aliphatic rings. The first-order valence-corrected chi connectivity index (χ1v) is 8.17. The van der Waals surface area contributed by atoms with Gasteiger partial charge in [0, 0.05) is 24.3 Å². The van der Waals surface area contributed by atoms with Crippen LogP contribution in [0.15, 0.2) is 18.2 Å². The molecule has 122 valence electrons. The molecule has 5 heteroatoms. The Morgan fingerprint density at radius 2 is 2.00 bits per heavy atom. The summed E-state index contributed by atoms with van der Waals surface area (Å²) < 4.78 is 5.64. The minimum Gasteiger partial charge on any atom is -0.487 e. The summed E-state index contributed by atoms with van der Waals surface area (Å²) in [5, 5.41) is 11.0. The first kappa shape index (κ1) is 16.7. The van der Waals surface area contributed by atoms with Crippen LogP contribution in [0.2, 0.25) is 0 Å². The number of ether oxygens (including phenoxy) is 1. The van der Waals surface area contributed by atoms with E-state index < -0.39 is 0 Å². The van der Waals surface area contributed by atoms with Gasteiger partial charge in [0.05, 0.1) is 31.2 Å². The molecule has 0 radical (unpaired) electrons. The molecule has 0 aromatic heterocycles. The number of rotatable bonds is 6. The third kappa shape index (κ3) is 4.70. The molecule has 1 aromatic carbocycles. The van der Waals surface area contributed by atoms with Crippen molar-refractivity contribution in [1.29, 1.82) is 0 Å². The Bertz CT molecular complexity index is 509. The number of likely N-dealkylation sites (tertiary alicyclic amines) is 1. The van der Waals surface area contributed by atoms with Gasteiger partial charge >= 0.3 is 5.69 Å². The summed E-state index contributed by atoms with van der Waals surface area (Å²) in [7, 11) is 0. The summed E-state index contributed by atoms with van der Waals surface area (Å²) >= 11 is 0. The molecule has 0 saturated carbocycles. The monoisotopic (exact) mass is 307 g/mol. The summed E-state index contributed by atoms with van der Waals surface area (Å²) in [5.74, 6) is 1.96. The van der Waals surface area contributed by atoms with Gasteiger partial charge in [0.15, 0.2) is 5.75 Å². The van der Waals surface area contributed by atoms with E-state index in [9.17, 15) is 10.1 Å². The number of quaternary nitrogens is 1. The minimum atomic E-state index is -0.373. The summed E-state index contributed by atoms with van der Waals surface area (Å²) in [6.45, 7) is 10.6. The highest BCUT2D eigenvalue weighted by atomic mass is 16.6. The second-order valence-corrected chi connectivity index (χ2v) is 6.78. The molecule has 1 heterocycles. The molecular formula is C17H27N2O3+. The molecule has 0 amide bonds. The quantitative estimate of drug-likeness (QED) is 0.498. The van der Waals surface area contributed by atoms with Gasteiger partial charge in [-0.2, -0.15) is 0 Å². The zero-order valence-electron chi connectivity index (χ0n) is 13.8. The number of nitrogens with zero attached hydrogens (tertiary/aromatic N) is 1. The Labute approximate surface area is 132 Å². The van der Waals surface area contributed by atoms with E-state index >= 15 is 0 Å². The van der Waals surface area contributed by atoms with Crippen molar-refractivity contribution in [3.8, 4) is 5.75 Å². The van der Waals surface area contributed by atoms with Crippen molar-refractivity contribution in [3.05, 3.63) is 33.9 Å². The van der Waals surface area contributed by atoms with Crippen LogP contribution in [-0.4, -0.2) is 31.2 Å². The lowest BCUT2D eigenvalue weighted by Gasteiger charge is -2.31. The van der Waals surface area contributed by atoms with Gasteiger partial charge in [-0.3, -0.25) is 10.1 Å². The molecule has 0 spiro atoms. The highest BCUT2D eigenvalue weighted by Gasteiger charge is 2.24. The van der Waals surface area contributed by atoms with Gasteiger partial charge in [-0.25, -0.2) is 0 Å². The van der Waals surface area contributed by atoms with Gasteiger partial charge in [0.1, 0.15) is 0 Å². The second kappa shape index (κ2) is 7.58. The van der Waals surface area contributed by atoms with Gasteiger partial charge in [-0.05, 0) is 25.0 Å². The van der Waals surface area contributed by atoms with Gasteiger partial charge in [0.2, 0.25) is 0 Å². The lowest BCUT2D eigenvalue weighted by Crippen LogP contribution is -3.14. The summed E-state index contributed by atoms with van der Waals surface area (Å²) in [5.41, 5.74) is 0.937. The summed E-state index contributed by atoms with van der Waals surface area (Å²) in [4.78, 5) is 12.3. The Balaban J connectivity index is 1.80. The van der Waals surface area contributed by atoms with Crippen molar-refractivity contribution in [2.75, 3.05) is 26.2 Å². The lowest BCUT2D eigenvalue weighted by atomic mass is 9.92. The van der Waals surface area contributed by atoms with E-state index in [-0.39, 0.29) is 10.6 Å². The van der Waals surface area contributed by atoms with Crippen LogP contribution >= 0.6 is 0 Å². The van der Waals surface area contributed by atoms with Crippen molar-refractivity contribution in [3.63, 3.8) is 0 Å². The number of piperidine rings is 1. The predicted octanol–water partition coefficient (Wildman–Crippen LogP) is 2.23. The standard InChI is InChI=1S/C17H26N2O3/c1-13-5-6-17(16(10-13)19(20)21)22-8-4-7-18-11-14(2)9-15(3)12-18/h5-6,10,14-15H,4,7-9,11-12H2,1-3H3/p+1/t14-,15+. The summed E-state index contributed by atoms with van der Waals surface area (Å²) in [6.07, 6.45) is 2.26. The van der Waals surface area contributed by atoms with Crippen LogP contribution in [-0.2, 0) is 0 Å². The lowest BCUT2D eigenvalue weighted by molar-refractivity contribution is -0.912. The molecule has 1 N–H and O–H groups in total. The topological polar surface area (TPSA) is 56.8 Å². The molecule has 1 unspecified atom stereocenters. The summed E-state index contributed by atoms with van der Waals surface area (Å²) in [6, 6.07) is 5.11. The van der Waals surface area contributed by atoms with Crippen molar-refractivity contribution in [2.24, 2.45) is 11.8 Å². The zero-order valence-corrected chi connectivity index (χ0v) is 13.8. The second-order valence-electron chi connectivity index (χ2n) is 6.78. The molecule has 22 heavy (non-hydrogen) atoms. The predicted molar refractivity (Wildman–Crippen MR) is 86.5 cm³/mol. The molecule has 3 atom stereocenters. The van der Waals surface area contributed by atoms with Crippen molar-refractivity contribution >= 4 is 5.69 Å². The van der Waals surface area contributed by atoms with Crippen LogP contribution in [0.3, 0.4) is 0 Å². The Morgan fingerprint density at radius 3 is 2.64 bits per heavy atom. The molecule has 1 aliphatic heterocycles. The minimum absolute atomic E-state index is 0.0626. The molecule has 5 nitrogen and oxygen atoms in total. The Hall–Kier alpha value is -1.62. The van der Waals surface area contributed by atoms with Gasteiger partial charge in [0.25, 0.3) is 0 Å². The maximum atomic E-state index is 11.0. The average molecular weight is 307 g/mol. The van der Waals surface area contributed by atoms with Crippen LogP contribution < -0.4 is 9.64 Å². The molecular weight excluding hydrogens is 280 g/mol. The van der Waals surface area contributed by atoms with E-state index in [4.69, 9.17) is 4.74 Å². The van der Waals surface area contributed by atoms with Crippen molar-refractivity contribution < 1.29 is 14.6 Å². The Morgan fingerprint density at radius 1 is 1.32 bits per heavy atom. The number of hydrogen-bond donors (Lipinski definition) is 1. The fourth-order valence-corrected chi connectivity index (χ4v) is 3.52. The van der Waals surface area contributed by atoms with Crippen molar-refractivity contribution in [1.82, 2.24) is 0 Å². The smallest absolute Gasteiger partial charge is 0.311 e. The third-order valence-corrected chi connectivity index (χ3v) is 4.32.